The second-order valence-corrected chi connectivity index (χ2v) is 6.91. The zero-order valence-corrected chi connectivity index (χ0v) is 15.6. The summed E-state index contributed by atoms with van der Waals surface area (Å²) in [6, 6.07) is 14.8. The number of hydrazine groups is 1. The van der Waals surface area contributed by atoms with Gasteiger partial charge in [-0.25, -0.2) is 5.01 Å². The van der Waals surface area contributed by atoms with Crippen LogP contribution in [-0.2, 0) is 4.79 Å². The Kier molecular flexibility index (Phi) is 4.83. The average molecular weight is 385 g/mol. The molecule has 0 saturated heterocycles. The minimum Gasteiger partial charge on any atom is -0.383 e. The number of amides is 1. The molecule has 1 aliphatic heterocycles. The number of allylic oxidation sites excluding steroid dienone is 3. The molecule has 1 unspecified atom stereocenters. The van der Waals surface area contributed by atoms with Crippen molar-refractivity contribution in [2.24, 2.45) is 5.73 Å². The lowest BCUT2D eigenvalue weighted by Gasteiger charge is -2.39. The highest BCUT2D eigenvalue weighted by Crippen LogP contribution is 2.43. The molecule has 7 heteroatoms. The molecule has 2 heterocycles. The highest BCUT2D eigenvalue weighted by Gasteiger charge is 2.40. The number of ketones is 1. The molecule has 0 saturated carbocycles. The first-order valence-electron chi connectivity index (χ1n) is 9.34. The van der Waals surface area contributed by atoms with Crippen molar-refractivity contribution >= 4 is 11.7 Å². The number of benzene rings is 1. The molecule has 0 fully saturated rings. The molecule has 1 aromatic heterocycles. The van der Waals surface area contributed by atoms with E-state index in [1.54, 1.807) is 18.3 Å². The maximum Gasteiger partial charge on any atom is 0.271 e. The van der Waals surface area contributed by atoms with E-state index < -0.39 is 11.8 Å². The van der Waals surface area contributed by atoms with E-state index in [4.69, 9.17) is 5.73 Å². The van der Waals surface area contributed by atoms with E-state index in [-0.39, 0.29) is 17.2 Å². The monoisotopic (exact) mass is 385 g/mol. The third-order valence-electron chi connectivity index (χ3n) is 5.18. The van der Waals surface area contributed by atoms with Gasteiger partial charge in [0.05, 0.1) is 23.1 Å². The van der Waals surface area contributed by atoms with E-state index in [2.05, 4.69) is 16.5 Å². The van der Waals surface area contributed by atoms with Crippen molar-refractivity contribution in [3.05, 3.63) is 88.6 Å². The molecule has 1 amide bonds. The van der Waals surface area contributed by atoms with Crippen molar-refractivity contribution in [2.75, 3.05) is 0 Å². The summed E-state index contributed by atoms with van der Waals surface area (Å²) in [7, 11) is 0. The average Bonchev–Trinajstić information content (AvgIpc) is 2.76. The van der Waals surface area contributed by atoms with Crippen LogP contribution in [0.3, 0.4) is 0 Å². The number of nitrogens with one attached hydrogen (secondary N) is 1. The number of hydrogen-bond acceptors (Lipinski definition) is 6. The molecule has 1 atom stereocenters. The largest absolute Gasteiger partial charge is 0.383 e. The van der Waals surface area contributed by atoms with Gasteiger partial charge in [0.25, 0.3) is 5.91 Å². The Labute approximate surface area is 168 Å². The van der Waals surface area contributed by atoms with Gasteiger partial charge in [-0.1, -0.05) is 30.3 Å². The lowest BCUT2D eigenvalue weighted by atomic mass is 9.76. The van der Waals surface area contributed by atoms with E-state index >= 15 is 0 Å². The Balaban J connectivity index is 1.81. The normalized spacial score (nSPS) is 18.9. The number of carbonyl (C=O) groups excluding carboxylic acids is 2. The number of hydrogen-bond donors (Lipinski definition) is 2. The summed E-state index contributed by atoms with van der Waals surface area (Å²) < 4.78 is 0. The summed E-state index contributed by atoms with van der Waals surface area (Å²) in [5.74, 6) is -0.843. The molecular weight excluding hydrogens is 366 g/mol. The fraction of sp³-hybridized carbons (Fsp3) is 0.182. The predicted octanol–water partition coefficient (Wildman–Crippen LogP) is 2.53. The molecular formula is C22H19N5O2. The zero-order valence-electron chi connectivity index (χ0n) is 15.6. The van der Waals surface area contributed by atoms with Crippen LogP contribution in [-0.4, -0.2) is 21.7 Å². The van der Waals surface area contributed by atoms with Crippen LogP contribution >= 0.6 is 0 Å². The van der Waals surface area contributed by atoms with Crippen molar-refractivity contribution in [1.29, 1.82) is 5.26 Å². The third kappa shape index (κ3) is 3.25. The molecule has 0 spiro atoms. The van der Waals surface area contributed by atoms with Gasteiger partial charge in [-0.15, -0.1) is 0 Å². The number of rotatable bonds is 3. The number of nitrogens with zero attached hydrogens (tertiary/aromatic N) is 3. The number of carbonyl (C=O) groups is 2. The Morgan fingerprint density at radius 2 is 2.00 bits per heavy atom. The Morgan fingerprint density at radius 3 is 2.69 bits per heavy atom. The van der Waals surface area contributed by atoms with Crippen molar-refractivity contribution in [1.82, 2.24) is 15.4 Å². The summed E-state index contributed by atoms with van der Waals surface area (Å²) in [5, 5.41) is 11.3. The first-order chi connectivity index (χ1) is 14.1. The summed E-state index contributed by atoms with van der Waals surface area (Å²) in [6.07, 6.45) is 4.67. The topological polar surface area (TPSA) is 112 Å². The second-order valence-electron chi connectivity index (χ2n) is 6.91. The van der Waals surface area contributed by atoms with Gasteiger partial charge in [0, 0.05) is 30.1 Å². The number of aromatic nitrogens is 1. The van der Waals surface area contributed by atoms with Crippen molar-refractivity contribution in [2.45, 2.75) is 25.2 Å². The summed E-state index contributed by atoms with van der Waals surface area (Å²) in [5.41, 5.74) is 11.7. The number of nitrogens with two attached hydrogens (primary N) is 1. The van der Waals surface area contributed by atoms with E-state index in [9.17, 15) is 14.9 Å². The molecule has 7 nitrogen and oxygen atoms in total. The lowest BCUT2D eigenvalue weighted by molar-refractivity contribution is -0.116. The fourth-order valence-electron chi connectivity index (χ4n) is 3.86. The van der Waals surface area contributed by atoms with Gasteiger partial charge >= 0.3 is 0 Å². The molecule has 29 heavy (non-hydrogen) atoms. The first kappa shape index (κ1) is 18.4. The SMILES string of the molecule is N#CC1=C(N)N(NC(=O)c2cccnc2)C2=C(C(=O)CCC2)C1c1ccccc1. The van der Waals surface area contributed by atoms with Crippen molar-refractivity contribution in [3.8, 4) is 6.07 Å². The van der Waals surface area contributed by atoms with Gasteiger partial charge < -0.3 is 5.73 Å². The third-order valence-corrected chi connectivity index (χ3v) is 5.18. The van der Waals surface area contributed by atoms with Crippen LogP contribution in [0.5, 0.6) is 0 Å². The highest BCUT2D eigenvalue weighted by molar-refractivity contribution is 6.00. The number of Topliss-reactive ketones (excluding diaryl/α,β-unsaturated/α-hetero) is 1. The van der Waals surface area contributed by atoms with Crippen LogP contribution in [0.4, 0.5) is 0 Å². The maximum absolute atomic E-state index is 12.9. The Morgan fingerprint density at radius 1 is 1.21 bits per heavy atom. The first-order valence-corrected chi connectivity index (χ1v) is 9.34. The predicted molar refractivity (Wildman–Crippen MR) is 105 cm³/mol. The molecule has 1 aliphatic carbocycles. The molecule has 4 rings (SSSR count). The van der Waals surface area contributed by atoms with Crippen molar-refractivity contribution in [3.63, 3.8) is 0 Å². The standard InChI is InChI=1S/C22H19N5O2/c23-12-16-19(14-6-2-1-3-7-14)20-17(9-4-10-18(20)28)27(21(16)24)26-22(29)15-8-5-11-25-13-15/h1-3,5-8,11,13,19H,4,9-10,24H2,(H,26,29). The lowest BCUT2D eigenvalue weighted by Crippen LogP contribution is -2.48. The minimum atomic E-state index is -0.532. The van der Waals surface area contributed by atoms with Crippen LogP contribution in [0.1, 0.15) is 41.1 Å². The van der Waals surface area contributed by atoms with Gasteiger partial charge in [-0.05, 0) is 30.5 Å². The van der Waals surface area contributed by atoms with E-state index in [1.165, 1.54) is 11.2 Å². The molecule has 0 radical (unpaired) electrons. The van der Waals surface area contributed by atoms with Crippen LogP contribution < -0.4 is 11.2 Å². The van der Waals surface area contributed by atoms with E-state index in [0.29, 0.717) is 36.1 Å². The van der Waals surface area contributed by atoms with Gasteiger partial charge in [-0.3, -0.25) is 20.0 Å². The van der Waals surface area contributed by atoms with E-state index in [1.807, 2.05) is 30.3 Å². The summed E-state index contributed by atoms with van der Waals surface area (Å²) in [6.45, 7) is 0. The Bertz CT molecular complexity index is 1070. The van der Waals surface area contributed by atoms with Crippen LogP contribution in [0.25, 0.3) is 0 Å². The van der Waals surface area contributed by atoms with Crippen LogP contribution in [0.2, 0.25) is 0 Å². The van der Waals surface area contributed by atoms with Gasteiger partial charge in [0.2, 0.25) is 0 Å². The van der Waals surface area contributed by atoms with E-state index in [0.717, 1.165) is 5.56 Å². The second kappa shape index (κ2) is 7.60. The van der Waals surface area contributed by atoms with Gasteiger partial charge in [-0.2, -0.15) is 5.26 Å². The maximum atomic E-state index is 12.9. The minimum absolute atomic E-state index is 0.0269. The smallest absolute Gasteiger partial charge is 0.271 e. The Hall–Kier alpha value is -3.92. The van der Waals surface area contributed by atoms with Crippen LogP contribution in [0.15, 0.2) is 77.5 Å². The zero-order chi connectivity index (χ0) is 20.4. The quantitative estimate of drug-likeness (QED) is 0.840. The molecule has 1 aromatic carbocycles. The molecule has 2 aliphatic rings. The fourth-order valence-corrected chi connectivity index (χ4v) is 3.86. The molecule has 144 valence electrons. The van der Waals surface area contributed by atoms with Crippen molar-refractivity contribution < 1.29 is 9.59 Å². The molecule has 0 bridgehead atoms. The number of nitriles is 1. The molecule has 3 N–H and O–H groups in total. The molecule has 2 aromatic rings. The highest BCUT2D eigenvalue weighted by atomic mass is 16.2. The van der Waals surface area contributed by atoms with Crippen LogP contribution in [0, 0.1) is 11.3 Å². The van der Waals surface area contributed by atoms with Gasteiger partial charge in [0.1, 0.15) is 5.82 Å². The van der Waals surface area contributed by atoms with Gasteiger partial charge in [0.15, 0.2) is 5.78 Å². The summed E-state index contributed by atoms with van der Waals surface area (Å²) in [4.78, 5) is 29.6. The summed E-state index contributed by atoms with van der Waals surface area (Å²) >= 11 is 0. The number of pyridine rings is 1.